The van der Waals surface area contributed by atoms with E-state index in [2.05, 4.69) is 9.88 Å². The topological polar surface area (TPSA) is 62.7 Å². The average molecular weight is 367 g/mol. The molecule has 1 fully saturated rings. The number of nitrogens with zero attached hydrogens (tertiary/aromatic N) is 3. The van der Waals surface area contributed by atoms with Crippen LogP contribution in [0.4, 0.5) is 5.82 Å². The molecule has 6 nitrogen and oxygen atoms in total. The van der Waals surface area contributed by atoms with Crippen LogP contribution in [0.2, 0.25) is 0 Å². The summed E-state index contributed by atoms with van der Waals surface area (Å²) in [7, 11) is 0. The highest BCUT2D eigenvalue weighted by Crippen LogP contribution is 2.17. The summed E-state index contributed by atoms with van der Waals surface area (Å²) in [4.78, 5) is 32.8. The number of ether oxygens (including phenoxy) is 1. The number of aromatic nitrogens is 1. The predicted octanol–water partition coefficient (Wildman–Crippen LogP) is 2.84. The maximum absolute atomic E-state index is 12.7. The fourth-order valence-corrected chi connectivity index (χ4v) is 3.10. The Morgan fingerprint density at radius 1 is 1.00 bits per heavy atom. The van der Waals surface area contributed by atoms with E-state index in [4.69, 9.17) is 4.74 Å². The van der Waals surface area contributed by atoms with Crippen LogP contribution in [0.3, 0.4) is 0 Å². The zero-order valence-electron chi connectivity index (χ0n) is 16.1. The lowest BCUT2D eigenvalue weighted by atomic mass is 10.1. The number of carbonyl (C=O) groups is 2. The van der Waals surface area contributed by atoms with Crippen molar-refractivity contribution in [3.63, 3.8) is 0 Å². The number of piperazine rings is 1. The van der Waals surface area contributed by atoms with Gasteiger partial charge in [-0.3, -0.25) is 4.79 Å². The molecule has 0 spiro atoms. The van der Waals surface area contributed by atoms with E-state index in [-0.39, 0.29) is 11.9 Å². The molecule has 0 saturated carbocycles. The number of rotatable bonds is 4. The lowest BCUT2D eigenvalue weighted by Crippen LogP contribution is -2.49. The number of carbonyl (C=O) groups excluding carboxylic acids is 2. The standard InChI is InChI=1S/C21H25N3O3/c1-4-27-21(26)18-7-8-19(22-14-18)23-9-11-24(12-10-23)20(25)17-6-5-15(2)16(3)13-17/h5-8,13-14H,4,9-12H2,1-3H3. The highest BCUT2D eigenvalue weighted by molar-refractivity contribution is 5.94. The van der Waals surface area contributed by atoms with Crippen molar-refractivity contribution in [3.05, 3.63) is 58.8 Å². The molecular weight excluding hydrogens is 342 g/mol. The molecule has 1 amide bonds. The van der Waals surface area contributed by atoms with Crippen LogP contribution in [0.25, 0.3) is 0 Å². The maximum Gasteiger partial charge on any atom is 0.339 e. The summed E-state index contributed by atoms with van der Waals surface area (Å²) < 4.78 is 4.97. The van der Waals surface area contributed by atoms with Crippen molar-refractivity contribution in [2.24, 2.45) is 0 Å². The third kappa shape index (κ3) is 4.27. The Bertz CT molecular complexity index is 825. The van der Waals surface area contributed by atoms with Gasteiger partial charge in [0.15, 0.2) is 0 Å². The Morgan fingerprint density at radius 2 is 1.70 bits per heavy atom. The molecule has 2 aromatic rings. The van der Waals surface area contributed by atoms with Crippen LogP contribution in [0.1, 0.15) is 38.8 Å². The second-order valence-corrected chi connectivity index (χ2v) is 6.70. The summed E-state index contributed by atoms with van der Waals surface area (Å²) in [5, 5.41) is 0. The van der Waals surface area contributed by atoms with E-state index in [0.29, 0.717) is 38.3 Å². The second kappa shape index (κ2) is 8.20. The number of esters is 1. The lowest BCUT2D eigenvalue weighted by molar-refractivity contribution is 0.0525. The number of benzene rings is 1. The van der Waals surface area contributed by atoms with Gasteiger partial charge in [-0.1, -0.05) is 6.07 Å². The largest absolute Gasteiger partial charge is 0.462 e. The molecule has 1 aliphatic rings. The zero-order valence-corrected chi connectivity index (χ0v) is 16.1. The van der Waals surface area contributed by atoms with Crippen LogP contribution in [0, 0.1) is 13.8 Å². The van der Waals surface area contributed by atoms with Crippen LogP contribution in [-0.2, 0) is 4.74 Å². The minimum Gasteiger partial charge on any atom is -0.462 e. The monoisotopic (exact) mass is 367 g/mol. The van der Waals surface area contributed by atoms with E-state index in [0.717, 1.165) is 16.9 Å². The molecule has 1 aliphatic heterocycles. The van der Waals surface area contributed by atoms with Crippen LogP contribution >= 0.6 is 0 Å². The van der Waals surface area contributed by atoms with Crippen LogP contribution in [0.15, 0.2) is 36.5 Å². The minimum absolute atomic E-state index is 0.0726. The van der Waals surface area contributed by atoms with Crippen LogP contribution < -0.4 is 4.90 Å². The van der Waals surface area contributed by atoms with Gasteiger partial charge in [-0.15, -0.1) is 0 Å². The van der Waals surface area contributed by atoms with Gasteiger partial charge < -0.3 is 14.5 Å². The van der Waals surface area contributed by atoms with Gasteiger partial charge in [0.1, 0.15) is 5.82 Å². The summed E-state index contributed by atoms with van der Waals surface area (Å²) >= 11 is 0. The molecule has 2 heterocycles. The van der Waals surface area contributed by atoms with Gasteiger partial charge in [0.2, 0.25) is 0 Å². The summed E-state index contributed by atoms with van der Waals surface area (Å²) in [5.74, 6) is 0.519. The molecule has 0 radical (unpaired) electrons. The van der Waals surface area contributed by atoms with E-state index < -0.39 is 0 Å². The van der Waals surface area contributed by atoms with Gasteiger partial charge in [-0.2, -0.15) is 0 Å². The Hall–Kier alpha value is -2.89. The summed E-state index contributed by atoms with van der Waals surface area (Å²) in [5.41, 5.74) is 3.51. The first-order valence-electron chi connectivity index (χ1n) is 9.24. The second-order valence-electron chi connectivity index (χ2n) is 6.70. The molecule has 3 rings (SSSR count). The normalized spacial score (nSPS) is 14.2. The molecule has 6 heteroatoms. The number of pyridine rings is 1. The SMILES string of the molecule is CCOC(=O)c1ccc(N2CCN(C(=O)c3ccc(C)c(C)c3)CC2)nc1. The first-order valence-corrected chi connectivity index (χ1v) is 9.24. The highest BCUT2D eigenvalue weighted by Gasteiger charge is 2.23. The minimum atomic E-state index is -0.361. The van der Waals surface area contributed by atoms with Crippen molar-refractivity contribution in [3.8, 4) is 0 Å². The molecular formula is C21H25N3O3. The summed E-state index contributed by atoms with van der Waals surface area (Å²) in [6.45, 7) is 8.90. The van der Waals surface area contributed by atoms with E-state index in [1.54, 1.807) is 19.2 Å². The zero-order chi connectivity index (χ0) is 19.4. The van der Waals surface area contributed by atoms with Gasteiger partial charge in [0, 0.05) is 37.9 Å². The average Bonchev–Trinajstić information content (AvgIpc) is 2.70. The highest BCUT2D eigenvalue weighted by atomic mass is 16.5. The summed E-state index contributed by atoms with van der Waals surface area (Å²) in [6.07, 6.45) is 1.54. The van der Waals surface area contributed by atoms with E-state index >= 15 is 0 Å². The summed E-state index contributed by atoms with van der Waals surface area (Å²) in [6, 6.07) is 9.40. The van der Waals surface area contributed by atoms with Gasteiger partial charge >= 0.3 is 5.97 Å². The Balaban J connectivity index is 1.60. The molecule has 1 saturated heterocycles. The van der Waals surface area contributed by atoms with E-state index in [1.807, 2.05) is 43.0 Å². The molecule has 1 aromatic carbocycles. The van der Waals surface area contributed by atoms with E-state index in [9.17, 15) is 9.59 Å². The lowest BCUT2D eigenvalue weighted by Gasteiger charge is -2.35. The number of anilines is 1. The van der Waals surface area contributed by atoms with Gasteiger partial charge in [0.25, 0.3) is 5.91 Å². The molecule has 0 unspecified atom stereocenters. The molecule has 27 heavy (non-hydrogen) atoms. The van der Waals surface area contributed by atoms with Gasteiger partial charge in [-0.05, 0) is 56.2 Å². The van der Waals surface area contributed by atoms with Gasteiger partial charge in [-0.25, -0.2) is 9.78 Å². The Labute approximate surface area is 159 Å². The molecule has 0 atom stereocenters. The third-order valence-corrected chi connectivity index (χ3v) is 4.90. The van der Waals surface area contributed by atoms with Crippen molar-refractivity contribution < 1.29 is 14.3 Å². The molecule has 0 bridgehead atoms. The molecule has 142 valence electrons. The fourth-order valence-electron chi connectivity index (χ4n) is 3.10. The first kappa shape index (κ1) is 18.9. The quantitative estimate of drug-likeness (QED) is 0.778. The number of amides is 1. The third-order valence-electron chi connectivity index (χ3n) is 4.90. The molecule has 1 aromatic heterocycles. The Morgan fingerprint density at radius 3 is 2.30 bits per heavy atom. The first-order chi connectivity index (χ1) is 13.0. The number of aryl methyl sites for hydroxylation is 2. The number of hydrogen-bond donors (Lipinski definition) is 0. The van der Waals surface area contributed by atoms with Crippen LogP contribution in [-0.4, -0.2) is 54.5 Å². The van der Waals surface area contributed by atoms with Crippen molar-refractivity contribution in [1.29, 1.82) is 0 Å². The molecule has 0 N–H and O–H groups in total. The van der Waals surface area contributed by atoms with Crippen molar-refractivity contribution in [1.82, 2.24) is 9.88 Å². The van der Waals surface area contributed by atoms with E-state index in [1.165, 1.54) is 5.56 Å². The Kier molecular flexibility index (Phi) is 5.74. The molecule has 0 aliphatic carbocycles. The van der Waals surface area contributed by atoms with Gasteiger partial charge in [0.05, 0.1) is 12.2 Å². The fraction of sp³-hybridized carbons (Fsp3) is 0.381. The van der Waals surface area contributed by atoms with Crippen LogP contribution in [0.5, 0.6) is 0 Å². The predicted molar refractivity (Wildman–Crippen MR) is 104 cm³/mol. The van der Waals surface area contributed by atoms with Crippen molar-refractivity contribution in [2.45, 2.75) is 20.8 Å². The number of hydrogen-bond acceptors (Lipinski definition) is 5. The smallest absolute Gasteiger partial charge is 0.339 e. The van der Waals surface area contributed by atoms with Crippen molar-refractivity contribution >= 4 is 17.7 Å². The van der Waals surface area contributed by atoms with Crippen molar-refractivity contribution in [2.75, 3.05) is 37.7 Å². The maximum atomic E-state index is 12.7.